The first-order valence-electron chi connectivity index (χ1n) is 12.6. The van der Waals surface area contributed by atoms with Crippen LogP contribution in [0.15, 0.2) is 65.8 Å². The lowest BCUT2D eigenvalue weighted by atomic mass is 9.98. The molecule has 0 spiro atoms. The van der Waals surface area contributed by atoms with E-state index in [-0.39, 0.29) is 12.6 Å². The largest absolute Gasteiger partial charge is 0.427 e. The minimum absolute atomic E-state index is 0.00740. The van der Waals surface area contributed by atoms with Gasteiger partial charge in [0.25, 0.3) is 5.91 Å². The molecule has 0 aliphatic carbocycles. The van der Waals surface area contributed by atoms with Crippen LogP contribution in [-0.2, 0) is 34.8 Å². The van der Waals surface area contributed by atoms with Gasteiger partial charge in [0.15, 0.2) is 6.04 Å². The summed E-state index contributed by atoms with van der Waals surface area (Å²) in [6.45, 7) is 4.41. The van der Waals surface area contributed by atoms with E-state index in [1.807, 2.05) is 36.4 Å². The highest BCUT2D eigenvalue weighted by Crippen LogP contribution is 2.42. The Morgan fingerprint density at radius 3 is 2.26 bits per heavy atom. The number of hydrogen-bond acceptors (Lipinski definition) is 7. The molecule has 0 saturated heterocycles. The maximum atomic E-state index is 13.1. The molecule has 0 radical (unpaired) electrons. The second-order valence-electron chi connectivity index (χ2n) is 10.3. The number of unbranched alkanes of at least 4 members (excludes halogenated alkanes) is 1. The fourth-order valence-electron chi connectivity index (χ4n) is 3.88. The van der Waals surface area contributed by atoms with E-state index in [4.69, 9.17) is 9.47 Å². The number of rotatable bonds is 11. The number of carbonyl (C=O) groups is 3. The van der Waals surface area contributed by atoms with Gasteiger partial charge in [0.2, 0.25) is 14.2 Å². The Kier molecular flexibility index (Phi) is 10.00. The summed E-state index contributed by atoms with van der Waals surface area (Å²) in [7, 11) is -3.81. The molecule has 0 bridgehead atoms. The standard InChI is InChI=1S/C28H35N2O7P/c1-28(2,3)27(33)37-20-36-26(32)24-18-23(22-15-8-5-9-16-22)29-30(24)25(31)19-38(34,35)17-11-10-14-21-12-6-4-7-13-21/h4-9,12-13,15-16,24H,10-11,14,17-20H2,1-3H3,(H,34,35). The van der Waals surface area contributed by atoms with Crippen LogP contribution in [0, 0.1) is 5.41 Å². The molecule has 9 nitrogen and oxygen atoms in total. The second-order valence-corrected chi connectivity index (χ2v) is 12.8. The number of nitrogens with zero attached hydrogens (tertiary/aromatic N) is 2. The second kappa shape index (κ2) is 13.0. The molecule has 2 aromatic rings. The van der Waals surface area contributed by atoms with Gasteiger partial charge in [-0.15, -0.1) is 0 Å². The summed E-state index contributed by atoms with van der Waals surface area (Å²) >= 11 is 0. The summed E-state index contributed by atoms with van der Waals surface area (Å²) < 4.78 is 23.0. The molecule has 10 heteroatoms. The van der Waals surface area contributed by atoms with Crippen LogP contribution >= 0.6 is 7.37 Å². The SMILES string of the molecule is CC(C)(C)C(=O)OCOC(=O)C1CC(c2ccccc2)=NN1C(=O)CP(=O)(O)CCCCc1ccccc1. The molecule has 2 unspecified atom stereocenters. The zero-order valence-corrected chi connectivity index (χ0v) is 22.9. The van der Waals surface area contributed by atoms with E-state index in [0.29, 0.717) is 24.1 Å². The summed E-state index contributed by atoms with van der Waals surface area (Å²) in [5.41, 5.74) is 1.57. The van der Waals surface area contributed by atoms with Gasteiger partial charge >= 0.3 is 11.9 Å². The third-order valence-electron chi connectivity index (χ3n) is 6.00. The minimum atomic E-state index is -3.81. The molecule has 204 valence electrons. The van der Waals surface area contributed by atoms with Crippen LogP contribution in [0.5, 0.6) is 0 Å². The van der Waals surface area contributed by atoms with Crippen molar-refractivity contribution in [2.75, 3.05) is 19.1 Å². The van der Waals surface area contributed by atoms with Crippen LogP contribution in [0.1, 0.15) is 51.2 Å². The van der Waals surface area contributed by atoms with Crippen molar-refractivity contribution < 1.29 is 33.3 Å². The van der Waals surface area contributed by atoms with Crippen molar-refractivity contribution in [2.45, 2.75) is 52.5 Å². The third kappa shape index (κ3) is 8.64. The highest BCUT2D eigenvalue weighted by Gasteiger charge is 2.40. The van der Waals surface area contributed by atoms with Gasteiger partial charge in [0.05, 0.1) is 11.1 Å². The highest BCUT2D eigenvalue weighted by atomic mass is 31.2. The predicted molar refractivity (Wildman–Crippen MR) is 144 cm³/mol. The predicted octanol–water partition coefficient (Wildman–Crippen LogP) is 4.37. The third-order valence-corrected chi connectivity index (χ3v) is 7.78. The molecule has 2 aromatic carbocycles. The molecule has 1 aliphatic rings. The van der Waals surface area contributed by atoms with Crippen LogP contribution in [0.2, 0.25) is 0 Å². The maximum Gasteiger partial charge on any atom is 0.334 e. The maximum absolute atomic E-state index is 13.1. The number of hydrazone groups is 1. The van der Waals surface area contributed by atoms with Gasteiger partial charge in [0, 0.05) is 12.6 Å². The fraction of sp³-hybridized carbons (Fsp3) is 0.429. The average molecular weight is 543 g/mol. The number of hydrogen-bond donors (Lipinski definition) is 1. The Bertz CT molecular complexity index is 1190. The van der Waals surface area contributed by atoms with Gasteiger partial charge in [-0.05, 0) is 51.2 Å². The zero-order chi connectivity index (χ0) is 27.8. The first-order valence-corrected chi connectivity index (χ1v) is 14.6. The van der Waals surface area contributed by atoms with Crippen molar-refractivity contribution in [2.24, 2.45) is 10.5 Å². The van der Waals surface area contributed by atoms with Crippen LogP contribution in [0.3, 0.4) is 0 Å². The van der Waals surface area contributed by atoms with Gasteiger partial charge in [-0.1, -0.05) is 60.7 Å². The van der Waals surface area contributed by atoms with Gasteiger partial charge in [-0.3, -0.25) is 14.2 Å². The van der Waals surface area contributed by atoms with E-state index >= 15 is 0 Å². The van der Waals surface area contributed by atoms with Crippen LogP contribution in [0.4, 0.5) is 0 Å². The van der Waals surface area contributed by atoms with Gasteiger partial charge < -0.3 is 14.4 Å². The molecule has 1 aliphatic heterocycles. The van der Waals surface area contributed by atoms with Crippen LogP contribution in [0.25, 0.3) is 0 Å². The smallest absolute Gasteiger partial charge is 0.334 e. The Labute approximate surface area is 223 Å². The lowest BCUT2D eigenvalue weighted by Gasteiger charge is -2.22. The molecule has 1 N–H and O–H groups in total. The van der Waals surface area contributed by atoms with Crippen molar-refractivity contribution in [3.8, 4) is 0 Å². The summed E-state index contributed by atoms with van der Waals surface area (Å²) in [6, 6.07) is 17.7. The lowest BCUT2D eigenvalue weighted by molar-refractivity contribution is -0.176. The van der Waals surface area contributed by atoms with Crippen LogP contribution in [-0.4, -0.2) is 58.6 Å². The number of aryl methyl sites for hydroxylation is 1. The minimum Gasteiger partial charge on any atom is -0.427 e. The summed E-state index contributed by atoms with van der Waals surface area (Å²) in [6.07, 6.45) is 1.40. The molecule has 0 saturated carbocycles. The number of ether oxygens (including phenoxy) is 2. The summed E-state index contributed by atoms with van der Waals surface area (Å²) in [5.74, 6) is -2.09. The Hall–Kier alpha value is -3.29. The van der Waals surface area contributed by atoms with E-state index in [0.717, 1.165) is 17.0 Å². The van der Waals surface area contributed by atoms with Gasteiger partial charge in [0.1, 0.15) is 6.16 Å². The van der Waals surface area contributed by atoms with E-state index in [2.05, 4.69) is 5.10 Å². The Morgan fingerprint density at radius 2 is 1.63 bits per heavy atom. The van der Waals surface area contributed by atoms with E-state index in [9.17, 15) is 23.8 Å². The van der Waals surface area contributed by atoms with Crippen molar-refractivity contribution in [3.05, 3.63) is 71.8 Å². The van der Waals surface area contributed by atoms with E-state index in [1.165, 1.54) is 0 Å². The number of carbonyl (C=O) groups excluding carboxylic acids is 3. The van der Waals surface area contributed by atoms with Crippen molar-refractivity contribution >= 4 is 30.9 Å². The molecule has 0 fully saturated rings. The fourth-order valence-corrected chi connectivity index (χ4v) is 5.32. The number of amides is 1. The Morgan fingerprint density at radius 1 is 1.00 bits per heavy atom. The van der Waals surface area contributed by atoms with Crippen molar-refractivity contribution in [1.82, 2.24) is 5.01 Å². The normalized spacial score (nSPS) is 16.9. The number of benzene rings is 2. The molecule has 3 rings (SSSR count). The monoisotopic (exact) mass is 542 g/mol. The van der Waals surface area contributed by atoms with E-state index in [1.54, 1.807) is 45.0 Å². The van der Waals surface area contributed by atoms with Crippen LogP contribution < -0.4 is 0 Å². The lowest BCUT2D eigenvalue weighted by Crippen LogP contribution is -2.41. The zero-order valence-electron chi connectivity index (χ0n) is 22.0. The van der Waals surface area contributed by atoms with Gasteiger partial charge in [-0.25, -0.2) is 9.80 Å². The molecule has 0 aromatic heterocycles. The molecule has 1 heterocycles. The Balaban J connectivity index is 1.63. The molecule has 38 heavy (non-hydrogen) atoms. The number of esters is 2. The van der Waals surface area contributed by atoms with E-state index < -0.39 is 49.6 Å². The highest BCUT2D eigenvalue weighted by molar-refractivity contribution is 7.58. The molecule has 2 atom stereocenters. The first-order chi connectivity index (χ1) is 18.0. The molecule has 1 amide bonds. The quantitative estimate of drug-likeness (QED) is 0.194. The summed E-state index contributed by atoms with van der Waals surface area (Å²) in [5, 5.41) is 5.26. The van der Waals surface area contributed by atoms with Crippen molar-refractivity contribution in [3.63, 3.8) is 0 Å². The average Bonchev–Trinajstić information content (AvgIpc) is 3.33. The summed E-state index contributed by atoms with van der Waals surface area (Å²) in [4.78, 5) is 48.5. The first kappa shape index (κ1) is 29.3. The van der Waals surface area contributed by atoms with Gasteiger partial charge in [-0.2, -0.15) is 5.10 Å². The molecular weight excluding hydrogens is 507 g/mol. The van der Waals surface area contributed by atoms with Crippen molar-refractivity contribution in [1.29, 1.82) is 0 Å². The topological polar surface area (TPSA) is 123 Å². The molecular formula is C28H35N2O7P.